The molecular formula is C20H22BrNO4. The summed E-state index contributed by atoms with van der Waals surface area (Å²) >= 11 is 3.49. The highest BCUT2D eigenvalue weighted by molar-refractivity contribution is 9.10. The van der Waals surface area contributed by atoms with Crippen molar-refractivity contribution in [2.24, 2.45) is 0 Å². The lowest BCUT2D eigenvalue weighted by molar-refractivity contribution is 0.0727. The van der Waals surface area contributed by atoms with Crippen molar-refractivity contribution in [2.75, 3.05) is 21.3 Å². The first-order valence-corrected chi connectivity index (χ1v) is 9.22. The van der Waals surface area contributed by atoms with Crippen molar-refractivity contribution in [1.82, 2.24) is 4.90 Å². The van der Waals surface area contributed by atoms with Crippen LogP contribution in [-0.2, 0) is 6.54 Å². The summed E-state index contributed by atoms with van der Waals surface area (Å²) in [7, 11) is 4.85. The highest BCUT2D eigenvalue weighted by Gasteiger charge is 2.34. The van der Waals surface area contributed by atoms with Crippen LogP contribution in [0.25, 0.3) is 0 Å². The van der Waals surface area contributed by atoms with Crippen LogP contribution < -0.4 is 14.2 Å². The smallest absolute Gasteiger partial charge is 0.255 e. The molecule has 26 heavy (non-hydrogen) atoms. The van der Waals surface area contributed by atoms with Crippen LogP contribution in [0.1, 0.15) is 28.8 Å². The normalized spacial score (nSPS) is 13.2. The van der Waals surface area contributed by atoms with E-state index in [1.807, 2.05) is 35.2 Å². The van der Waals surface area contributed by atoms with Crippen LogP contribution in [0.3, 0.4) is 0 Å². The number of benzene rings is 2. The molecule has 0 atom stereocenters. The van der Waals surface area contributed by atoms with Gasteiger partial charge in [-0.15, -0.1) is 0 Å². The summed E-state index contributed by atoms with van der Waals surface area (Å²) in [5.41, 5.74) is 1.52. The molecule has 6 heteroatoms. The van der Waals surface area contributed by atoms with E-state index in [4.69, 9.17) is 14.2 Å². The standard InChI is InChI=1S/C20H22BrNO4/c1-24-15-7-9-19(26-3)13(10-15)12-22(14-4-5-14)20(23)17-11-16(25-2)6-8-18(17)21/h6-11,14H,4-5,12H2,1-3H3. The van der Waals surface area contributed by atoms with Crippen molar-refractivity contribution in [1.29, 1.82) is 0 Å². The van der Waals surface area contributed by atoms with E-state index in [-0.39, 0.29) is 11.9 Å². The average molecular weight is 420 g/mol. The Morgan fingerprint density at radius 2 is 1.69 bits per heavy atom. The number of methoxy groups -OCH3 is 3. The molecule has 0 N–H and O–H groups in total. The molecule has 1 saturated carbocycles. The number of carbonyl (C=O) groups is 1. The van der Waals surface area contributed by atoms with E-state index < -0.39 is 0 Å². The lowest BCUT2D eigenvalue weighted by Crippen LogP contribution is -2.33. The van der Waals surface area contributed by atoms with Crippen molar-refractivity contribution in [3.63, 3.8) is 0 Å². The fourth-order valence-corrected chi connectivity index (χ4v) is 3.31. The van der Waals surface area contributed by atoms with Gasteiger partial charge in [-0.25, -0.2) is 0 Å². The van der Waals surface area contributed by atoms with E-state index in [1.165, 1.54) is 0 Å². The van der Waals surface area contributed by atoms with E-state index in [9.17, 15) is 4.79 Å². The van der Waals surface area contributed by atoms with Gasteiger partial charge >= 0.3 is 0 Å². The van der Waals surface area contributed by atoms with Gasteiger partial charge in [0.05, 0.1) is 33.4 Å². The molecule has 0 aromatic heterocycles. The molecule has 0 aliphatic heterocycles. The molecule has 2 aromatic carbocycles. The van der Waals surface area contributed by atoms with Crippen molar-refractivity contribution in [2.45, 2.75) is 25.4 Å². The molecule has 0 unspecified atom stereocenters. The van der Waals surface area contributed by atoms with Crippen molar-refractivity contribution < 1.29 is 19.0 Å². The molecular weight excluding hydrogens is 398 g/mol. The van der Waals surface area contributed by atoms with Crippen LogP contribution in [0.2, 0.25) is 0 Å². The van der Waals surface area contributed by atoms with E-state index in [0.717, 1.165) is 34.4 Å². The molecule has 1 fully saturated rings. The predicted molar refractivity (Wildman–Crippen MR) is 103 cm³/mol. The third-order valence-corrected chi connectivity index (χ3v) is 5.17. The zero-order valence-electron chi connectivity index (χ0n) is 15.1. The summed E-state index contributed by atoms with van der Waals surface area (Å²) in [6.45, 7) is 0.466. The summed E-state index contributed by atoms with van der Waals surface area (Å²) in [6, 6.07) is 11.3. The quantitative estimate of drug-likeness (QED) is 0.671. The van der Waals surface area contributed by atoms with E-state index in [1.54, 1.807) is 27.4 Å². The molecule has 5 nitrogen and oxygen atoms in total. The van der Waals surface area contributed by atoms with Crippen molar-refractivity contribution >= 4 is 21.8 Å². The maximum absolute atomic E-state index is 13.2. The van der Waals surface area contributed by atoms with Crippen LogP contribution in [0.5, 0.6) is 17.2 Å². The van der Waals surface area contributed by atoms with Gasteiger partial charge < -0.3 is 19.1 Å². The summed E-state index contributed by atoms with van der Waals surface area (Å²) in [5.74, 6) is 2.12. The molecule has 1 aliphatic carbocycles. The maximum atomic E-state index is 13.2. The molecule has 3 rings (SSSR count). The van der Waals surface area contributed by atoms with Gasteiger partial charge in [-0.1, -0.05) is 0 Å². The fraction of sp³-hybridized carbons (Fsp3) is 0.350. The van der Waals surface area contributed by atoms with E-state index in [0.29, 0.717) is 17.9 Å². The topological polar surface area (TPSA) is 48.0 Å². The minimum atomic E-state index is -0.0249. The van der Waals surface area contributed by atoms with Crippen LogP contribution >= 0.6 is 15.9 Å². The van der Waals surface area contributed by atoms with Crippen LogP contribution in [-0.4, -0.2) is 38.2 Å². The fourth-order valence-electron chi connectivity index (χ4n) is 2.89. The Balaban J connectivity index is 1.92. The first-order valence-electron chi connectivity index (χ1n) is 8.42. The number of halogens is 1. The Morgan fingerprint density at radius 1 is 1.04 bits per heavy atom. The van der Waals surface area contributed by atoms with Gasteiger partial charge in [0, 0.05) is 16.1 Å². The van der Waals surface area contributed by atoms with Gasteiger partial charge in [0.2, 0.25) is 0 Å². The zero-order valence-corrected chi connectivity index (χ0v) is 16.7. The minimum Gasteiger partial charge on any atom is -0.497 e. The summed E-state index contributed by atoms with van der Waals surface area (Å²) in [6.07, 6.45) is 2.03. The highest BCUT2D eigenvalue weighted by Crippen LogP contribution is 2.34. The highest BCUT2D eigenvalue weighted by atomic mass is 79.9. The van der Waals surface area contributed by atoms with Gasteiger partial charge in [-0.2, -0.15) is 0 Å². The second-order valence-electron chi connectivity index (χ2n) is 6.19. The first-order chi connectivity index (χ1) is 12.6. The van der Waals surface area contributed by atoms with Crippen molar-refractivity contribution in [3.05, 3.63) is 52.0 Å². The molecule has 1 aliphatic rings. The molecule has 138 valence electrons. The Hall–Kier alpha value is -2.21. The third kappa shape index (κ3) is 3.96. The number of hydrogen-bond acceptors (Lipinski definition) is 4. The zero-order chi connectivity index (χ0) is 18.7. The second-order valence-corrected chi connectivity index (χ2v) is 7.04. The Labute approximate surface area is 162 Å². The molecule has 2 aromatic rings. The predicted octanol–water partition coefficient (Wildman–Crippen LogP) is 4.28. The molecule has 0 spiro atoms. The van der Waals surface area contributed by atoms with Gasteiger partial charge in [-0.05, 0) is 65.2 Å². The minimum absolute atomic E-state index is 0.0249. The molecule has 0 heterocycles. The number of hydrogen-bond donors (Lipinski definition) is 0. The Morgan fingerprint density at radius 3 is 2.31 bits per heavy atom. The number of carbonyl (C=O) groups excluding carboxylic acids is 1. The molecule has 1 amide bonds. The Kier molecular flexibility index (Phi) is 5.71. The summed E-state index contributed by atoms with van der Waals surface area (Å²) in [4.78, 5) is 15.1. The second kappa shape index (κ2) is 7.99. The summed E-state index contributed by atoms with van der Waals surface area (Å²) in [5, 5.41) is 0. The van der Waals surface area contributed by atoms with Crippen LogP contribution in [0, 0.1) is 0 Å². The lowest BCUT2D eigenvalue weighted by Gasteiger charge is -2.24. The molecule has 0 saturated heterocycles. The van der Waals surface area contributed by atoms with Gasteiger partial charge in [0.1, 0.15) is 17.2 Å². The third-order valence-electron chi connectivity index (χ3n) is 4.48. The van der Waals surface area contributed by atoms with Crippen molar-refractivity contribution in [3.8, 4) is 17.2 Å². The SMILES string of the molecule is COc1ccc(OC)c(CN(C(=O)c2cc(OC)ccc2Br)C2CC2)c1. The number of amides is 1. The molecule has 0 radical (unpaired) electrons. The number of nitrogens with zero attached hydrogens (tertiary/aromatic N) is 1. The largest absolute Gasteiger partial charge is 0.497 e. The van der Waals surface area contributed by atoms with Crippen LogP contribution in [0.4, 0.5) is 0 Å². The average Bonchev–Trinajstić information content (AvgIpc) is 3.50. The van der Waals surface area contributed by atoms with Gasteiger partial charge in [-0.3, -0.25) is 4.79 Å². The summed E-state index contributed by atoms with van der Waals surface area (Å²) < 4.78 is 16.8. The van der Waals surface area contributed by atoms with E-state index in [2.05, 4.69) is 15.9 Å². The molecule has 0 bridgehead atoms. The first kappa shape index (κ1) is 18.6. The monoisotopic (exact) mass is 419 g/mol. The number of ether oxygens (including phenoxy) is 3. The van der Waals surface area contributed by atoms with Gasteiger partial charge in [0.25, 0.3) is 5.91 Å². The number of rotatable bonds is 7. The lowest BCUT2D eigenvalue weighted by atomic mass is 10.1. The maximum Gasteiger partial charge on any atom is 0.255 e. The van der Waals surface area contributed by atoms with Gasteiger partial charge in [0.15, 0.2) is 0 Å². The van der Waals surface area contributed by atoms with Crippen LogP contribution in [0.15, 0.2) is 40.9 Å². The van der Waals surface area contributed by atoms with E-state index >= 15 is 0 Å². The Bertz CT molecular complexity index is 804.